The van der Waals surface area contributed by atoms with E-state index in [4.69, 9.17) is 9.47 Å². The molecule has 0 spiro atoms. The van der Waals surface area contributed by atoms with Crippen LogP contribution in [0.4, 0.5) is 0 Å². The van der Waals surface area contributed by atoms with E-state index in [1.165, 1.54) is 0 Å². The van der Waals surface area contributed by atoms with Crippen LogP contribution >= 0.6 is 15.9 Å². The Morgan fingerprint density at radius 1 is 1.07 bits per heavy atom. The highest BCUT2D eigenvalue weighted by Crippen LogP contribution is 2.35. The van der Waals surface area contributed by atoms with Crippen LogP contribution in [-0.2, 0) is 0 Å². The molecule has 0 fully saturated rings. The van der Waals surface area contributed by atoms with Crippen molar-refractivity contribution in [3.8, 4) is 22.8 Å². The van der Waals surface area contributed by atoms with Crippen molar-refractivity contribution < 1.29 is 9.47 Å². The van der Waals surface area contributed by atoms with Gasteiger partial charge in [-0.15, -0.1) is 0 Å². The minimum absolute atomic E-state index is 0.313. The van der Waals surface area contributed by atoms with Crippen LogP contribution in [0.2, 0.25) is 0 Å². The molecule has 0 atom stereocenters. The Labute approximate surface area is 95.2 Å². The molecule has 0 bridgehead atoms. The molecule has 0 amide bonds. The number of nitrogens with one attached hydrogen (secondary N) is 1. The second-order valence-corrected chi connectivity index (χ2v) is 4.14. The Bertz CT molecular complexity index is 507. The SMILES string of the molecule is Brc1ccc(-c2ccc3c(c2)OCO3)[nH]1. The number of aromatic amines is 1. The highest BCUT2D eigenvalue weighted by Gasteiger charge is 2.14. The van der Waals surface area contributed by atoms with Gasteiger partial charge in [0, 0.05) is 11.3 Å². The molecule has 2 heterocycles. The highest BCUT2D eigenvalue weighted by molar-refractivity contribution is 9.10. The number of fused-ring (bicyclic) bond motifs is 1. The molecule has 1 aromatic carbocycles. The van der Waals surface area contributed by atoms with Gasteiger partial charge in [0.2, 0.25) is 6.79 Å². The van der Waals surface area contributed by atoms with Crippen molar-refractivity contribution in [2.24, 2.45) is 0 Å². The number of aromatic nitrogens is 1. The topological polar surface area (TPSA) is 34.2 Å². The zero-order chi connectivity index (χ0) is 10.3. The summed E-state index contributed by atoms with van der Waals surface area (Å²) in [4.78, 5) is 3.20. The standard InChI is InChI=1S/C11H8BrNO2/c12-11-4-2-8(13-11)7-1-3-9-10(5-7)15-6-14-9/h1-5,13H,6H2. The van der Waals surface area contributed by atoms with Crippen LogP contribution in [-0.4, -0.2) is 11.8 Å². The van der Waals surface area contributed by atoms with Crippen molar-refractivity contribution in [2.45, 2.75) is 0 Å². The van der Waals surface area contributed by atoms with Crippen molar-refractivity contribution >= 4 is 15.9 Å². The van der Waals surface area contributed by atoms with Crippen LogP contribution in [0.5, 0.6) is 11.5 Å². The number of hydrogen-bond donors (Lipinski definition) is 1. The Balaban J connectivity index is 2.06. The molecular formula is C11H8BrNO2. The third kappa shape index (κ3) is 1.51. The van der Waals surface area contributed by atoms with Gasteiger partial charge >= 0.3 is 0 Å². The molecule has 0 aliphatic carbocycles. The summed E-state index contributed by atoms with van der Waals surface area (Å²) in [7, 11) is 0. The van der Waals surface area contributed by atoms with Gasteiger partial charge in [-0.2, -0.15) is 0 Å². The molecule has 1 aliphatic rings. The van der Waals surface area contributed by atoms with Gasteiger partial charge in [0.15, 0.2) is 11.5 Å². The maximum absolute atomic E-state index is 5.32. The van der Waals surface area contributed by atoms with Crippen LogP contribution in [0.25, 0.3) is 11.3 Å². The summed E-state index contributed by atoms with van der Waals surface area (Å²) in [6, 6.07) is 9.89. The molecule has 1 N–H and O–H groups in total. The molecule has 0 unspecified atom stereocenters. The Hall–Kier alpha value is -1.42. The van der Waals surface area contributed by atoms with Gasteiger partial charge < -0.3 is 14.5 Å². The molecule has 4 heteroatoms. The van der Waals surface area contributed by atoms with Gasteiger partial charge in [-0.3, -0.25) is 0 Å². The molecule has 1 aliphatic heterocycles. The van der Waals surface area contributed by atoms with Gasteiger partial charge in [-0.05, 0) is 46.3 Å². The summed E-state index contributed by atoms with van der Waals surface area (Å²) >= 11 is 3.38. The fourth-order valence-corrected chi connectivity index (χ4v) is 1.95. The lowest BCUT2D eigenvalue weighted by molar-refractivity contribution is 0.174. The second kappa shape index (κ2) is 3.31. The molecule has 15 heavy (non-hydrogen) atoms. The first-order chi connectivity index (χ1) is 7.33. The van der Waals surface area contributed by atoms with Crippen LogP contribution < -0.4 is 9.47 Å². The van der Waals surface area contributed by atoms with E-state index in [-0.39, 0.29) is 0 Å². The zero-order valence-electron chi connectivity index (χ0n) is 7.79. The van der Waals surface area contributed by atoms with Crippen LogP contribution in [0.15, 0.2) is 34.9 Å². The maximum Gasteiger partial charge on any atom is 0.231 e. The Morgan fingerprint density at radius 3 is 2.73 bits per heavy atom. The first-order valence-electron chi connectivity index (χ1n) is 4.57. The fourth-order valence-electron chi connectivity index (χ4n) is 1.60. The predicted molar refractivity (Wildman–Crippen MR) is 60.1 cm³/mol. The number of rotatable bonds is 1. The molecule has 0 saturated carbocycles. The number of benzene rings is 1. The fraction of sp³-hybridized carbons (Fsp3) is 0.0909. The lowest BCUT2D eigenvalue weighted by atomic mass is 10.1. The lowest BCUT2D eigenvalue weighted by Crippen LogP contribution is -1.92. The Kier molecular flexibility index (Phi) is 1.95. The van der Waals surface area contributed by atoms with Crippen LogP contribution in [0.3, 0.4) is 0 Å². The third-order valence-corrected chi connectivity index (χ3v) is 2.80. The van der Waals surface area contributed by atoms with Crippen molar-refractivity contribution in [1.82, 2.24) is 4.98 Å². The minimum Gasteiger partial charge on any atom is -0.454 e. The van der Waals surface area contributed by atoms with E-state index in [2.05, 4.69) is 20.9 Å². The summed E-state index contributed by atoms with van der Waals surface area (Å²) in [6.07, 6.45) is 0. The Morgan fingerprint density at radius 2 is 1.93 bits per heavy atom. The molecular weight excluding hydrogens is 258 g/mol. The molecule has 76 valence electrons. The predicted octanol–water partition coefficient (Wildman–Crippen LogP) is 3.17. The summed E-state index contributed by atoms with van der Waals surface area (Å²) < 4.78 is 11.5. The summed E-state index contributed by atoms with van der Waals surface area (Å²) in [6.45, 7) is 0.313. The highest BCUT2D eigenvalue weighted by atomic mass is 79.9. The lowest BCUT2D eigenvalue weighted by Gasteiger charge is -2.00. The second-order valence-electron chi connectivity index (χ2n) is 3.29. The van der Waals surface area contributed by atoms with Gasteiger partial charge in [-0.1, -0.05) is 0 Å². The molecule has 0 saturated heterocycles. The summed E-state index contributed by atoms with van der Waals surface area (Å²) in [5.41, 5.74) is 2.14. The number of hydrogen-bond acceptors (Lipinski definition) is 2. The number of H-pyrrole nitrogens is 1. The van der Waals surface area contributed by atoms with E-state index in [0.29, 0.717) is 6.79 Å². The maximum atomic E-state index is 5.32. The van der Waals surface area contributed by atoms with Crippen LogP contribution in [0.1, 0.15) is 0 Å². The van der Waals surface area contributed by atoms with E-state index in [1.807, 2.05) is 30.3 Å². The minimum atomic E-state index is 0.313. The van der Waals surface area contributed by atoms with Gasteiger partial charge in [0.1, 0.15) is 0 Å². The summed E-state index contributed by atoms with van der Waals surface area (Å²) in [5.74, 6) is 1.61. The molecule has 3 rings (SSSR count). The van der Waals surface area contributed by atoms with Crippen LogP contribution in [0, 0.1) is 0 Å². The molecule has 1 aromatic heterocycles. The average Bonchev–Trinajstić information content (AvgIpc) is 2.84. The van der Waals surface area contributed by atoms with E-state index < -0.39 is 0 Å². The van der Waals surface area contributed by atoms with Crippen molar-refractivity contribution in [3.63, 3.8) is 0 Å². The van der Waals surface area contributed by atoms with E-state index in [9.17, 15) is 0 Å². The van der Waals surface area contributed by atoms with E-state index in [1.54, 1.807) is 0 Å². The smallest absolute Gasteiger partial charge is 0.231 e. The van der Waals surface area contributed by atoms with Crippen molar-refractivity contribution in [3.05, 3.63) is 34.9 Å². The van der Waals surface area contributed by atoms with Crippen molar-refractivity contribution in [1.29, 1.82) is 0 Å². The van der Waals surface area contributed by atoms with Gasteiger partial charge in [-0.25, -0.2) is 0 Å². The number of ether oxygens (including phenoxy) is 2. The first-order valence-corrected chi connectivity index (χ1v) is 5.37. The average molecular weight is 266 g/mol. The normalized spacial score (nSPS) is 13.1. The third-order valence-electron chi connectivity index (χ3n) is 2.33. The van der Waals surface area contributed by atoms with Crippen molar-refractivity contribution in [2.75, 3.05) is 6.79 Å². The quantitative estimate of drug-likeness (QED) is 0.860. The van der Waals surface area contributed by atoms with Gasteiger partial charge in [0.25, 0.3) is 0 Å². The number of halogens is 1. The monoisotopic (exact) mass is 265 g/mol. The molecule has 0 radical (unpaired) electrons. The van der Waals surface area contributed by atoms with E-state index >= 15 is 0 Å². The molecule has 3 nitrogen and oxygen atoms in total. The summed E-state index contributed by atoms with van der Waals surface area (Å²) in [5, 5.41) is 0. The zero-order valence-corrected chi connectivity index (χ0v) is 9.37. The largest absolute Gasteiger partial charge is 0.454 e. The van der Waals surface area contributed by atoms with Gasteiger partial charge in [0.05, 0.1) is 4.60 Å². The first kappa shape index (κ1) is 8.85. The van der Waals surface area contributed by atoms with E-state index in [0.717, 1.165) is 27.4 Å². The molecule has 2 aromatic rings.